The van der Waals surface area contributed by atoms with Gasteiger partial charge in [0, 0.05) is 26.2 Å². The third kappa shape index (κ3) is 1.82. The molecule has 14 heavy (non-hydrogen) atoms. The van der Waals surface area contributed by atoms with Crippen molar-refractivity contribution in [2.45, 2.75) is 6.92 Å². The molecule has 0 spiro atoms. The lowest BCUT2D eigenvalue weighted by Gasteiger charge is -2.30. The number of piperazine rings is 1. The van der Waals surface area contributed by atoms with E-state index >= 15 is 0 Å². The van der Waals surface area contributed by atoms with Crippen molar-refractivity contribution in [3.05, 3.63) is 23.8 Å². The Labute approximate surface area is 84.9 Å². The van der Waals surface area contributed by atoms with E-state index in [1.165, 1.54) is 11.3 Å². The number of nitrogen functional groups attached to an aromatic ring is 1. The van der Waals surface area contributed by atoms with Crippen LogP contribution in [0.2, 0.25) is 0 Å². The van der Waals surface area contributed by atoms with E-state index in [4.69, 9.17) is 5.73 Å². The van der Waals surface area contributed by atoms with Gasteiger partial charge in [-0.15, -0.1) is 0 Å². The highest BCUT2D eigenvalue weighted by Crippen LogP contribution is 2.24. The van der Waals surface area contributed by atoms with Crippen LogP contribution in [0.3, 0.4) is 0 Å². The second-order valence-electron chi connectivity index (χ2n) is 3.80. The molecule has 3 heteroatoms. The highest BCUT2D eigenvalue weighted by Gasteiger charge is 2.12. The minimum atomic E-state index is 0.887. The summed E-state index contributed by atoms with van der Waals surface area (Å²) in [7, 11) is 0. The first-order valence-electron chi connectivity index (χ1n) is 5.09. The normalized spacial score (nSPS) is 17.1. The molecule has 0 aromatic heterocycles. The Morgan fingerprint density at radius 1 is 1.29 bits per heavy atom. The average molecular weight is 191 g/mol. The number of benzene rings is 1. The van der Waals surface area contributed by atoms with Crippen LogP contribution in [0.25, 0.3) is 0 Å². The smallest absolute Gasteiger partial charge is 0.0603 e. The molecule has 1 saturated heterocycles. The molecule has 2 rings (SSSR count). The predicted molar refractivity (Wildman–Crippen MR) is 60.7 cm³/mol. The van der Waals surface area contributed by atoms with Gasteiger partial charge in [-0.05, 0) is 24.6 Å². The number of rotatable bonds is 1. The molecular formula is C11H17N3. The van der Waals surface area contributed by atoms with Gasteiger partial charge in [0.2, 0.25) is 0 Å². The zero-order chi connectivity index (χ0) is 9.97. The number of hydrogen-bond acceptors (Lipinski definition) is 3. The molecule has 1 aliphatic heterocycles. The minimum Gasteiger partial charge on any atom is -0.397 e. The van der Waals surface area contributed by atoms with Gasteiger partial charge in [0.05, 0.1) is 11.4 Å². The third-order valence-corrected chi connectivity index (χ3v) is 2.64. The van der Waals surface area contributed by atoms with Crippen LogP contribution in [0.4, 0.5) is 11.4 Å². The Balaban J connectivity index is 2.24. The lowest BCUT2D eigenvalue weighted by molar-refractivity contribution is 0.589. The molecule has 0 atom stereocenters. The maximum Gasteiger partial charge on any atom is 0.0603 e. The first-order chi connectivity index (χ1) is 6.77. The maximum atomic E-state index is 5.96. The molecule has 0 saturated carbocycles. The quantitative estimate of drug-likeness (QED) is 0.650. The fourth-order valence-electron chi connectivity index (χ4n) is 1.83. The van der Waals surface area contributed by atoms with E-state index in [0.717, 1.165) is 31.9 Å². The topological polar surface area (TPSA) is 41.3 Å². The summed E-state index contributed by atoms with van der Waals surface area (Å²) in [5.41, 5.74) is 9.30. The summed E-state index contributed by atoms with van der Waals surface area (Å²) < 4.78 is 0. The van der Waals surface area contributed by atoms with Crippen molar-refractivity contribution < 1.29 is 0 Å². The van der Waals surface area contributed by atoms with E-state index in [1.54, 1.807) is 0 Å². The average Bonchev–Trinajstić information content (AvgIpc) is 2.23. The molecule has 3 N–H and O–H groups in total. The molecule has 1 heterocycles. The van der Waals surface area contributed by atoms with Crippen molar-refractivity contribution in [2.75, 3.05) is 36.8 Å². The molecule has 3 nitrogen and oxygen atoms in total. The lowest BCUT2D eigenvalue weighted by Crippen LogP contribution is -2.43. The molecule has 1 aliphatic rings. The van der Waals surface area contributed by atoms with Crippen LogP contribution in [0.5, 0.6) is 0 Å². The summed E-state index contributed by atoms with van der Waals surface area (Å²) in [6.45, 7) is 6.30. The van der Waals surface area contributed by atoms with E-state index in [-0.39, 0.29) is 0 Å². The molecule has 0 radical (unpaired) electrons. The molecule has 76 valence electrons. The van der Waals surface area contributed by atoms with Crippen LogP contribution in [-0.4, -0.2) is 26.2 Å². The Kier molecular flexibility index (Phi) is 2.59. The van der Waals surface area contributed by atoms with E-state index in [0.29, 0.717) is 0 Å². The van der Waals surface area contributed by atoms with Crippen molar-refractivity contribution in [3.63, 3.8) is 0 Å². The summed E-state index contributed by atoms with van der Waals surface area (Å²) in [6.07, 6.45) is 0. The van der Waals surface area contributed by atoms with Crippen molar-refractivity contribution in [2.24, 2.45) is 0 Å². The summed E-state index contributed by atoms with van der Waals surface area (Å²) in [4.78, 5) is 2.35. The molecule has 0 bridgehead atoms. The number of anilines is 2. The standard InChI is InChI=1S/C11H17N3/c1-9-2-3-10(12)11(8-9)14-6-4-13-5-7-14/h2-3,8,13H,4-7,12H2,1H3. The number of nitrogens with zero attached hydrogens (tertiary/aromatic N) is 1. The van der Waals surface area contributed by atoms with E-state index in [1.807, 2.05) is 6.07 Å². The highest BCUT2D eigenvalue weighted by atomic mass is 15.2. The Morgan fingerprint density at radius 2 is 2.00 bits per heavy atom. The summed E-state index contributed by atoms with van der Waals surface area (Å²) >= 11 is 0. The molecule has 0 unspecified atom stereocenters. The lowest BCUT2D eigenvalue weighted by atomic mass is 10.1. The van der Waals surface area contributed by atoms with Crippen LogP contribution in [0.15, 0.2) is 18.2 Å². The number of hydrogen-bond donors (Lipinski definition) is 2. The first kappa shape index (κ1) is 9.34. The van der Waals surface area contributed by atoms with Gasteiger partial charge in [-0.1, -0.05) is 6.07 Å². The molecular weight excluding hydrogens is 174 g/mol. The molecule has 0 aliphatic carbocycles. The second-order valence-corrected chi connectivity index (χ2v) is 3.80. The first-order valence-corrected chi connectivity index (χ1v) is 5.09. The fourth-order valence-corrected chi connectivity index (χ4v) is 1.83. The van der Waals surface area contributed by atoms with Crippen LogP contribution >= 0.6 is 0 Å². The number of aryl methyl sites for hydroxylation is 1. The largest absolute Gasteiger partial charge is 0.397 e. The summed E-state index contributed by atoms with van der Waals surface area (Å²) in [5.74, 6) is 0. The van der Waals surface area contributed by atoms with Gasteiger partial charge in [0.25, 0.3) is 0 Å². The fraction of sp³-hybridized carbons (Fsp3) is 0.455. The third-order valence-electron chi connectivity index (χ3n) is 2.64. The van der Waals surface area contributed by atoms with Gasteiger partial charge in [0.15, 0.2) is 0 Å². The van der Waals surface area contributed by atoms with Gasteiger partial charge >= 0.3 is 0 Å². The van der Waals surface area contributed by atoms with E-state index in [2.05, 4.69) is 29.3 Å². The van der Waals surface area contributed by atoms with Crippen LogP contribution in [0.1, 0.15) is 5.56 Å². The monoisotopic (exact) mass is 191 g/mol. The van der Waals surface area contributed by atoms with E-state index in [9.17, 15) is 0 Å². The number of nitrogens with two attached hydrogens (primary N) is 1. The van der Waals surface area contributed by atoms with Crippen LogP contribution < -0.4 is 16.0 Å². The van der Waals surface area contributed by atoms with Crippen molar-refractivity contribution in [1.82, 2.24) is 5.32 Å². The zero-order valence-electron chi connectivity index (χ0n) is 8.59. The summed E-state index contributed by atoms with van der Waals surface area (Å²) in [5, 5.41) is 3.34. The Morgan fingerprint density at radius 3 is 2.71 bits per heavy atom. The van der Waals surface area contributed by atoms with Crippen molar-refractivity contribution in [1.29, 1.82) is 0 Å². The Hall–Kier alpha value is -1.22. The van der Waals surface area contributed by atoms with Gasteiger partial charge < -0.3 is 16.0 Å². The van der Waals surface area contributed by atoms with Gasteiger partial charge in [-0.2, -0.15) is 0 Å². The van der Waals surface area contributed by atoms with Crippen LogP contribution in [0, 0.1) is 6.92 Å². The maximum absolute atomic E-state index is 5.96. The zero-order valence-corrected chi connectivity index (χ0v) is 8.59. The minimum absolute atomic E-state index is 0.887. The van der Waals surface area contributed by atoms with Gasteiger partial charge in [0.1, 0.15) is 0 Å². The Bertz CT molecular complexity index is 316. The van der Waals surface area contributed by atoms with Crippen molar-refractivity contribution >= 4 is 11.4 Å². The highest BCUT2D eigenvalue weighted by molar-refractivity contribution is 5.68. The van der Waals surface area contributed by atoms with Crippen molar-refractivity contribution in [3.8, 4) is 0 Å². The van der Waals surface area contributed by atoms with Gasteiger partial charge in [-0.25, -0.2) is 0 Å². The summed E-state index contributed by atoms with van der Waals surface area (Å²) in [6, 6.07) is 6.22. The second kappa shape index (κ2) is 3.88. The number of nitrogens with one attached hydrogen (secondary N) is 1. The SMILES string of the molecule is Cc1ccc(N)c(N2CCNCC2)c1. The molecule has 1 aromatic carbocycles. The van der Waals surface area contributed by atoms with Crippen LogP contribution in [-0.2, 0) is 0 Å². The molecule has 0 amide bonds. The van der Waals surface area contributed by atoms with E-state index < -0.39 is 0 Å². The molecule has 1 aromatic rings. The predicted octanol–water partition coefficient (Wildman–Crippen LogP) is 0.987. The van der Waals surface area contributed by atoms with Gasteiger partial charge in [-0.3, -0.25) is 0 Å². The molecule has 1 fully saturated rings.